The molecule has 0 aromatic heterocycles. The van der Waals surface area contributed by atoms with Gasteiger partial charge in [-0.05, 0) is 36.6 Å². The van der Waals surface area contributed by atoms with Crippen LogP contribution in [0.1, 0.15) is 18.4 Å². The van der Waals surface area contributed by atoms with Crippen LogP contribution in [0.2, 0.25) is 0 Å². The van der Waals surface area contributed by atoms with Crippen LogP contribution in [0.4, 0.5) is 5.69 Å². The van der Waals surface area contributed by atoms with Crippen molar-refractivity contribution in [1.82, 2.24) is 4.90 Å². The number of para-hydroxylation sites is 2. The monoisotopic (exact) mass is 364 g/mol. The molecule has 5 heteroatoms. The second-order valence-corrected chi connectivity index (χ2v) is 6.53. The number of piperidine rings is 1. The third-order valence-electron chi connectivity index (χ3n) is 4.76. The summed E-state index contributed by atoms with van der Waals surface area (Å²) in [5.74, 6) is 0.510. The molecule has 1 saturated heterocycles. The molecule has 3 rings (SSSR count). The molecular formula is C22H24N2O3. The van der Waals surface area contributed by atoms with Crippen molar-refractivity contribution in [3.63, 3.8) is 0 Å². The van der Waals surface area contributed by atoms with Crippen LogP contribution in [0.3, 0.4) is 0 Å². The van der Waals surface area contributed by atoms with Gasteiger partial charge in [0.2, 0.25) is 11.8 Å². The van der Waals surface area contributed by atoms with Gasteiger partial charge in [-0.1, -0.05) is 42.5 Å². The number of anilines is 1. The summed E-state index contributed by atoms with van der Waals surface area (Å²) in [5, 5.41) is 2.94. The number of hydrogen-bond acceptors (Lipinski definition) is 3. The van der Waals surface area contributed by atoms with Crippen molar-refractivity contribution < 1.29 is 14.3 Å². The molecule has 0 radical (unpaired) electrons. The standard InChI is InChI=1S/C22H24N2O3/c1-27-20-10-6-5-9-19(20)23-22(26)18-13-15-24(16-14-18)21(25)12-11-17-7-3-2-4-8-17/h2-12,18H,13-16H2,1H3,(H,23,26)/b12-11+. The third-order valence-corrected chi connectivity index (χ3v) is 4.76. The highest BCUT2D eigenvalue weighted by Crippen LogP contribution is 2.25. The molecule has 2 aromatic rings. The number of amides is 2. The lowest BCUT2D eigenvalue weighted by Crippen LogP contribution is -2.40. The number of rotatable bonds is 5. The summed E-state index contributed by atoms with van der Waals surface area (Å²) >= 11 is 0. The molecule has 0 spiro atoms. The fourth-order valence-corrected chi connectivity index (χ4v) is 3.18. The van der Waals surface area contributed by atoms with Gasteiger partial charge in [0, 0.05) is 25.1 Å². The Bertz CT molecular complexity index is 809. The van der Waals surface area contributed by atoms with E-state index in [1.165, 1.54) is 0 Å². The van der Waals surface area contributed by atoms with Crippen LogP contribution in [-0.2, 0) is 9.59 Å². The smallest absolute Gasteiger partial charge is 0.246 e. The average Bonchev–Trinajstić information content (AvgIpc) is 2.73. The van der Waals surface area contributed by atoms with Gasteiger partial charge in [0.1, 0.15) is 5.75 Å². The Morgan fingerprint density at radius 1 is 1.04 bits per heavy atom. The average molecular weight is 364 g/mol. The molecule has 1 heterocycles. The van der Waals surface area contributed by atoms with Crippen LogP contribution in [0.25, 0.3) is 6.08 Å². The molecule has 140 valence electrons. The number of ether oxygens (including phenoxy) is 1. The van der Waals surface area contributed by atoms with Crippen LogP contribution in [0, 0.1) is 5.92 Å². The molecule has 27 heavy (non-hydrogen) atoms. The maximum Gasteiger partial charge on any atom is 0.246 e. The van der Waals surface area contributed by atoms with Crippen molar-refractivity contribution in [3.8, 4) is 5.75 Å². The molecule has 2 aromatic carbocycles. The topological polar surface area (TPSA) is 58.6 Å². The van der Waals surface area contributed by atoms with Crippen LogP contribution in [0.15, 0.2) is 60.7 Å². The number of carbonyl (C=O) groups excluding carboxylic acids is 2. The van der Waals surface area contributed by atoms with Crippen molar-refractivity contribution in [3.05, 3.63) is 66.2 Å². The van der Waals surface area contributed by atoms with E-state index in [-0.39, 0.29) is 17.7 Å². The van der Waals surface area contributed by atoms with Gasteiger partial charge >= 0.3 is 0 Å². The van der Waals surface area contributed by atoms with E-state index in [0.717, 1.165) is 5.56 Å². The number of nitrogens with one attached hydrogen (secondary N) is 1. The largest absolute Gasteiger partial charge is 0.495 e. The van der Waals surface area contributed by atoms with Crippen molar-refractivity contribution in [2.45, 2.75) is 12.8 Å². The normalized spacial score (nSPS) is 14.9. The second-order valence-electron chi connectivity index (χ2n) is 6.53. The van der Waals surface area contributed by atoms with Gasteiger partial charge in [0.15, 0.2) is 0 Å². The summed E-state index contributed by atoms with van der Waals surface area (Å²) in [7, 11) is 1.58. The minimum atomic E-state index is -0.0999. The lowest BCUT2D eigenvalue weighted by Gasteiger charge is -2.30. The van der Waals surface area contributed by atoms with E-state index in [0.29, 0.717) is 37.4 Å². The van der Waals surface area contributed by atoms with Crippen LogP contribution in [-0.4, -0.2) is 36.9 Å². The minimum Gasteiger partial charge on any atom is -0.495 e. The highest BCUT2D eigenvalue weighted by Gasteiger charge is 2.27. The van der Waals surface area contributed by atoms with Crippen molar-refractivity contribution in [1.29, 1.82) is 0 Å². The highest BCUT2D eigenvalue weighted by atomic mass is 16.5. The summed E-state index contributed by atoms with van der Waals surface area (Å²) in [6.07, 6.45) is 4.74. The summed E-state index contributed by atoms with van der Waals surface area (Å²) in [5.41, 5.74) is 1.67. The first-order chi connectivity index (χ1) is 13.2. The van der Waals surface area contributed by atoms with Gasteiger partial charge in [0.05, 0.1) is 12.8 Å². The van der Waals surface area contributed by atoms with E-state index in [9.17, 15) is 9.59 Å². The number of likely N-dealkylation sites (tertiary alicyclic amines) is 1. The van der Waals surface area contributed by atoms with Crippen molar-refractivity contribution >= 4 is 23.6 Å². The fourth-order valence-electron chi connectivity index (χ4n) is 3.18. The summed E-state index contributed by atoms with van der Waals surface area (Å²) < 4.78 is 5.27. The Labute approximate surface area is 159 Å². The Balaban J connectivity index is 1.51. The summed E-state index contributed by atoms with van der Waals surface area (Å²) in [6.45, 7) is 1.17. The molecule has 1 N–H and O–H groups in total. The van der Waals surface area contributed by atoms with Gasteiger partial charge in [-0.3, -0.25) is 9.59 Å². The van der Waals surface area contributed by atoms with E-state index in [1.54, 1.807) is 18.1 Å². The van der Waals surface area contributed by atoms with E-state index in [4.69, 9.17) is 4.74 Å². The van der Waals surface area contributed by atoms with Gasteiger partial charge in [-0.15, -0.1) is 0 Å². The second kappa shape index (κ2) is 9.03. The van der Waals surface area contributed by atoms with Crippen LogP contribution < -0.4 is 10.1 Å². The summed E-state index contributed by atoms with van der Waals surface area (Å²) in [4.78, 5) is 26.7. The Morgan fingerprint density at radius 3 is 2.41 bits per heavy atom. The number of carbonyl (C=O) groups is 2. The maximum atomic E-state index is 12.5. The molecule has 0 aliphatic carbocycles. The highest BCUT2D eigenvalue weighted by molar-refractivity contribution is 5.95. The van der Waals surface area contributed by atoms with E-state index >= 15 is 0 Å². The first-order valence-electron chi connectivity index (χ1n) is 9.13. The van der Waals surface area contributed by atoms with Gasteiger partial charge in [-0.2, -0.15) is 0 Å². The molecule has 0 bridgehead atoms. The lowest BCUT2D eigenvalue weighted by atomic mass is 9.95. The molecule has 5 nitrogen and oxygen atoms in total. The van der Waals surface area contributed by atoms with Crippen LogP contribution >= 0.6 is 0 Å². The van der Waals surface area contributed by atoms with E-state index < -0.39 is 0 Å². The van der Waals surface area contributed by atoms with E-state index in [1.807, 2.05) is 60.7 Å². The Hall–Kier alpha value is -3.08. The molecule has 1 aliphatic heterocycles. The van der Waals surface area contributed by atoms with Crippen molar-refractivity contribution in [2.24, 2.45) is 5.92 Å². The fraction of sp³-hybridized carbons (Fsp3) is 0.273. The zero-order valence-corrected chi connectivity index (χ0v) is 15.4. The van der Waals surface area contributed by atoms with Gasteiger partial charge in [-0.25, -0.2) is 0 Å². The predicted octanol–water partition coefficient (Wildman–Crippen LogP) is 3.59. The lowest BCUT2D eigenvalue weighted by molar-refractivity contribution is -0.130. The first kappa shape index (κ1) is 18.7. The Kier molecular flexibility index (Phi) is 6.26. The quantitative estimate of drug-likeness (QED) is 0.825. The number of benzene rings is 2. The predicted molar refractivity (Wildman–Crippen MR) is 106 cm³/mol. The number of nitrogens with zero attached hydrogens (tertiary/aromatic N) is 1. The van der Waals surface area contributed by atoms with Crippen molar-refractivity contribution in [2.75, 3.05) is 25.5 Å². The molecule has 2 amide bonds. The molecule has 0 saturated carbocycles. The minimum absolute atomic E-state index is 0.0116. The summed E-state index contributed by atoms with van der Waals surface area (Å²) in [6, 6.07) is 17.1. The third kappa shape index (κ3) is 4.97. The molecule has 0 atom stereocenters. The molecular weight excluding hydrogens is 340 g/mol. The number of hydrogen-bond donors (Lipinski definition) is 1. The Morgan fingerprint density at radius 2 is 1.70 bits per heavy atom. The molecule has 1 aliphatic rings. The van der Waals surface area contributed by atoms with Gasteiger partial charge < -0.3 is 15.0 Å². The molecule has 1 fully saturated rings. The van der Waals surface area contributed by atoms with Crippen LogP contribution in [0.5, 0.6) is 5.75 Å². The zero-order valence-electron chi connectivity index (χ0n) is 15.4. The van der Waals surface area contributed by atoms with E-state index in [2.05, 4.69) is 5.32 Å². The molecule has 0 unspecified atom stereocenters. The SMILES string of the molecule is COc1ccccc1NC(=O)C1CCN(C(=O)/C=C/c2ccccc2)CC1. The maximum absolute atomic E-state index is 12.5. The number of methoxy groups -OCH3 is 1. The zero-order chi connectivity index (χ0) is 19.1. The van der Waals surface area contributed by atoms with Gasteiger partial charge in [0.25, 0.3) is 0 Å². The first-order valence-corrected chi connectivity index (χ1v) is 9.13.